The van der Waals surface area contributed by atoms with Gasteiger partial charge in [-0.05, 0) is 26.3 Å². The average Bonchev–Trinajstić information content (AvgIpc) is 2.67. The fourth-order valence-corrected chi connectivity index (χ4v) is 1.79. The molecule has 1 aromatic rings. The Kier molecular flexibility index (Phi) is 3.11. The molecular weight excluding hydrogens is 194 g/mol. The molecule has 1 N–H and O–H groups in total. The molecule has 1 fully saturated rings. The third-order valence-electron chi connectivity index (χ3n) is 2.54. The van der Waals surface area contributed by atoms with Crippen molar-refractivity contribution in [2.75, 3.05) is 13.1 Å². The highest BCUT2D eigenvalue weighted by molar-refractivity contribution is 5.77. The van der Waals surface area contributed by atoms with Crippen molar-refractivity contribution in [2.45, 2.75) is 32.1 Å². The minimum absolute atomic E-state index is 0.0594. The van der Waals surface area contributed by atoms with E-state index >= 15 is 0 Å². The second kappa shape index (κ2) is 4.53. The Bertz CT molecular complexity index is 342. The molecule has 1 aliphatic rings. The third-order valence-corrected chi connectivity index (χ3v) is 2.54. The van der Waals surface area contributed by atoms with E-state index < -0.39 is 0 Å². The van der Waals surface area contributed by atoms with Crippen LogP contribution in [-0.4, -0.2) is 29.0 Å². The van der Waals surface area contributed by atoms with Crippen molar-refractivity contribution in [3.8, 4) is 0 Å². The SMILES string of the molecule is CC(=O)Cc1noc(C2CCCNC2)n1. The largest absolute Gasteiger partial charge is 0.339 e. The summed E-state index contributed by atoms with van der Waals surface area (Å²) in [6.45, 7) is 3.48. The summed E-state index contributed by atoms with van der Waals surface area (Å²) in [5.74, 6) is 1.54. The number of nitrogens with one attached hydrogen (secondary N) is 1. The molecular formula is C10H15N3O2. The monoisotopic (exact) mass is 209 g/mol. The van der Waals surface area contributed by atoms with Gasteiger partial charge in [-0.15, -0.1) is 0 Å². The van der Waals surface area contributed by atoms with Crippen LogP contribution in [0.2, 0.25) is 0 Å². The molecule has 0 spiro atoms. The molecule has 0 bridgehead atoms. The van der Waals surface area contributed by atoms with E-state index in [0.29, 0.717) is 17.6 Å². The summed E-state index contributed by atoms with van der Waals surface area (Å²) in [5, 5.41) is 7.09. The van der Waals surface area contributed by atoms with Gasteiger partial charge < -0.3 is 9.84 Å². The van der Waals surface area contributed by atoms with Crippen molar-refractivity contribution in [1.82, 2.24) is 15.5 Å². The first kappa shape index (κ1) is 10.3. The van der Waals surface area contributed by atoms with Crippen LogP contribution in [0.25, 0.3) is 0 Å². The molecule has 82 valence electrons. The van der Waals surface area contributed by atoms with Crippen molar-refractivity contribution in [2.24, 2.45) is 0 Å². The first-order chi connectivity index (χ1) is 7.25. The topological polar surface area (TPSA) is 68.0 Å². The zero-order chi connectivity index (χ0) is 10.7. The maximum atomic E-state index is 10.9. The van der Waals surface area contributed by atoms with Crippen LogP contribution in [0, 0.1) is 0 Å². The molecule has 15 heavy (non-hydrogen) atoms. The van der Waals surface area contributed by atoms with Crippen LogP contribution >= 0.6 is 0 Å². The first-order valence-electron chi connectivity index (χ1n) is 5.28. The normalized spacial score (nSPS) is 21.5. The van der Waals surface area contributed by atoms with Crippen LogP contribution in [0.1, 0.15) is 37.4 Å². The molecule has 0 amide bonds. The maximum absolute atomic E-state index is 10.9. The maximum Gasteiger partial charge on any atom is 0.231 e. The molecule has 2 rings (SSSR count). The molecule has 5 nitrogen and oxygen atoms in total. The van der Waals surface area contributed by atoms with Crippen LogP contribution in [0.5, 0.6) is 0 Å². The van der Waals surface area contributed by atoms with Gasteiger partial charge in [0.25, 0.3) is 0 Å². The number of piperidine rings is 1. The Morgan fingerprint density at radius 1 is 1.67 bits per heavy atom. The number of hydrogen-bond acceptors (Lipinski definition) is 5. The first-order valence-corrected chi connectivity index (χ1v) is 5.28. The van der Waals surface area contributed by atoms with Gasteiger partial charge in [0.2, 0.25) is 5.89 Å². The molecule has 1 unspecified atom stereocenters. The summed E-state index contributed by atoms with van der Waals surface area (Å²) < 4.78 is 5.15. The number of aromatic nitrogens is 2. The van der Waals surface area contributed by atoms with Crippen molar-refractivity contribution in [3.63, 3.8) is 0 Å². The van der Waals surface area contributed by atoms with Crippen molar-refractivity contribution in [1.29, 1.82) is 0 Å². The number of hydrogen-bond donors (Lipinski definition) is 1. The molecule has 5 heteroatoms. The Morgan fingerprint density at radius 3 is 3.20 bits per heavy atom. The molecule has 0 aromatic carbocycles. The van der Waals surface area contributed by atoms with E-state index in [9.17, 15) is 4.79 Å². The highest BCUT2D eigenvalue weighted by atomic mass is 16.5. The molecule has 0 saturated carbocycles. The standard InChI is InChI=1S/C10H15N3O2/c1-7(14)5-9-12-10(15-13-9)8-3-2-4-11-6-8/h8,11H,2-6H2,1H3. The number of carbonyl (C=O) groups excluding carboxylic acids is 1. The quantitative estimate of drug-likeness (QED) is 0.792. The number of carbonyl (C=O) groups is 1. The molecule has 1 atom stereocenters. The summed E-state index contributed by atoms with van der Waals surface area (Å²) in [7, 11) is 0. The van der Waals surface area contributed by atoms with E-state index in [1.54, 1.807) is 0 Å². The van der Waals surface area contributed by atoms with E-state index in [1.165, 1.54) is 6.92 Å². The van der Waals surface area contributed by atoms with Gasteiger partial charge in [0.1, 0.15) is 5.78 Å². The van der Waals surface area contributed by atoms with E-state index in [0.717, 1.165) is 25.9 Å². The van der Waals surface area contributed by atoms with Crippen LogP contribution in [0.3, 0.4) is 0 Å². The Hall–Kier alpha value is -1.23. The predicted octanol–water partition coefficient (Wildman–Crippen LogP) is 0.668. The summed E-state index contributed by atoms with van der Waals surface area (Å²) >= 11 is 0. The minimum atomic E-state index is 0.0594. The smallest absolute Gasteiger partial charge is 0.231 e. The highest BCUT2D eigenvalue weighted by Gasteiger charge is 2.21. The van der Waals surface area contributed by atoms with E-state index in [-0.39, 0.29) is 12.2 Å². The number of rotatable bonds is 3. The molecule has 0 radical (unpaired) electrons. The van der Waals surface area contributed by atoms with Gasteiger partial charge in [0.15, 0.2) is 5.82 Å². The van der Waals surface area contributed by atoms with Gasteiger partial charge in [-0.3, -0.25) is 4.79 Å². The lowest BCUT2D eigenvalue weighted by atomic mass is 10.00. The van der Waals surface area contributed by atoms with Gasteiger partial charge in [0.05, 0.1) is 12.3 Å². The summed E-state index contributed by atoms with van der Waals surface area (Å²) in [6, 6.07) is 0. The number of Topliss-reactive ketones (excluding diaryl/α,β-unsaturated/α-hetero) is 1. The molecule has 1 saturated heterocycles. The van der Waals surface area contributed by atoms with Gasteiger partial charge in [-0.2, -0.15) is 4.98 Å². The minimum Gasteiger partial charge on any atom is -0.339 e. The van der Waals surface area contributed by atoms with Gasteiger partial charge in [-0.25, -0.2) is 0 Å². The Labute approximate surface area is 88.2 Å². The predicted molar refractivity (Wildman–Crippen MR) is 53.5 cm³/mol. The second-order valence-electron chi connectivity index (χ2n) is 3.97. The van der Waals surface area contributed by atoms with E-state index in [2.05, 4.69) is 15.5 Å². The molecule has 1 aromatic heterocycles. The van der Waals surface area contributed by atoms with Gasteiger partial charge in [-0.1, -0.05) is 5.16 Å². The molecule has 1 aliphatic heterocycles. The van der Waals surface area contributed by atoms with Crippen LogP contribution in [0.4, 0.5) is 0 Å². The summed E-state index contributed by atoms with van der Waals surface area (Å²) in [6.07, 6.45) is 2.48. The highest BCUT2D eigenvalue weighted by Crippen LogP contribution is 2.21. The lowest BCUT2D eigenvalue weighted by molar-refractivity contribution is -0.116. The van der Waals surface area contributed by atoms with E-state index in [4.69, 9.17) is 4.52 Å². The van der Waals surface area contributed by atoms with Crippen LogP contribution < -0.4 is 5.32 Å². The van der Waals surface area contributed by atoms with Gasteiger partial charge >= 0.3 is 0 Å². The number of ketones is 1. The molecule has 2 heterocycles. The summed E-state index contributed by atoms with van der Waals surface area (Å²) in [5.41, 5.74) is 0. The fraction of sp³-hybridized carbons (Fsp3) is 0.700. The average molecular weight is 209 g/mol. The van der Waals surface area contributed by atoms with Crippen molar-refractivity contribution in [3.05, 3.63) is 11.7 Å². The third kappa shape index (κ3) is 2.62. The van der Waals surface area contributed by atoms with Crippen molar-refractivity contribution < 1.29 is 9.32 Å². The van der Waals surface area contributed by atoms with Crippen LogP contribution in [-0.2, 0) is 11.2 Å². The van der Waals surface area contributed by atoms with Crippen LogP contribution in [0.15, 0.2) is 4.52 Å². The Balaban J connectivity index is 2.02. The zero-order valence-corrected chi connectivity index (χ0v) is 8.82. The number of nitrogens with zero attached hydrogens (tertiary/aromatic N) is 2. The zero-order valence-electron chi connectivity index (χ0n) is 8.82. The summed E-state index contributed by atoms with van der Waals surface area (Å²) in [4.78, 5) is 15.1. The van der Waals surface area contributed by atoms with Gasteiger partial charge in [0, 0.05) is 6.54 Å². The van der Waals surface area contributed by atoms with Crippen molar-refractivity contribution >= 4 is 5.78 Å². The second-order valence-corrected chi connectivity index (χ2v) is 3.97. The molecule has 0 aliphatic carbocycles. The lowest BCUT2D eigenvalue weighted by Crippen LogP contribution is -2.28. The van der Waals surface area contributed by atoms with E-state index in [1.807, 2.05) is 0 Å². The Morgan fingerprint density at radius 2 is 2.53 bits per heavy atom. The lowest BCUT2D eigenvalue weighted by Gasteiger charge is -2.18. The fourth-order valence-electron chi connectivity index (χ4n) is 1.79.